The Bertz CT molecular complexity index is 3680. The van der Waals surface area contributed by atoms with Crippen LogP contribution in [0.15, 0.2) is 212 Å². The van der Waals surface area contributed by atoms with Crippen LogP contribution in [-0.2, 0) is 21.1 Å². The molecule has 304 valence electrons. The van der Waals surface area contributed by atoms with Crippen LogP contribution >= 0.6 is 0 Å². The van der Waals surface area contributed by atoms with Crippen LogP contribution in [0.5, 0.6) is 5.75 Å². The van der Waals surface area contributed by atoms with E-state index in [1.165, 1.54) is 5.39 Å². The number of hydrogen-bond acceptors (Lipinski definition) is 4. The van der Waals surface area contributed by atoms with Crippen LogP contribution in [-0.4, -0.2) is 20.3 Å². The summed E-state index contributed by atoms with van der Waals surface area (Å²) in [6.07, 6.45) is 0. The first-order valence-corrected chi connectivity index (χ1v) is 21.2. The molecule has 0 spiro atoms. The molecule has 0 saturated carbocycles. The SMILES string of the molecule is Oc1cc2ccc3cccc4ccc(c1-c1cc(-c5ccccc5-c5ccccc5)cc(-c5[c-]c(-c6cc7ccccc7nn6)cc(-c6ccccc6-c6ccccc6)c5)n1)c2c34.[Pt]. The van der Waals surface area contributed by atoms with Crippen LogP contribution in [0.25, 0.3) is 122 Å². The Labute approximate surface area is 384 Å². The molecule has 12 rings (SSSR count). The molecular weight excluding hydrogens is 962 g/mol. The van der Waals surface area contributed by atoms with Crippen molar-refractivity contribution < 1.29 is 26.2 Å². The molecule has 0 aliphatic rings. The van der Waals surface area contributed by atoms with Crippen molar-refractivity contribution in [1.82, 2.24) is 15.2 Å². The Balaban J connectivity index is 0.00000456. The van der Waals surface area contributed by atoms with E-state index in [-0.39, 0.29) is 26.8 Å². The van der Waals surface area contributed by atoms with Gasteiger partial charge >= 0.3 is 0 Å². The first-order chi connectivity index (χ1) is 31.1. The van der Waals surface area contributed by atoms with Crippen LogP contribution in [0.1, 0.15) is 0 Å². The predicted octanol–water partition coefficient (Wildman–Crippen LogP) is 15.1. The summed E-state index contributed by atoms with van der Waals surface area (Å²) < 4.78 is 0. The van der Waals surface area contributed by atoms with Crippen molar-refractivity contribution in [2.45, 2.75) is 0 Å². The van der Waals surface area contributed by atoms with E-state index in [2.05, 4.69) is 187 Å². The molecule has 0 amide bonds. The minimum absolute atomic E-state index is 0. The van der Waals surface area contributed by atoms with Gasteiger partial charge in [-0.15, -0.1) is 18.2 Å². The van der Waals surface area contributed by atoms with E-state index >= 15 is 0 Å². The molecule has 0 bridgehead atoms. The Morgan fingerprint density at radius 2 is 0.875 bits per heavy atom. The van der Waals surface area contributed by atoms with Crippen molar-refractivity contribution in [3.63, 3.8) is 0 Å². The van der Waals surface area contributed by atoms with Gasteiger partial charge in [0.05, 0.1) is 11.2 Å². The second-order valence-electron chi connectivity index (χ2n) is 16.1. The molecule has 10 aromatic carbocycles. The third-order valence-corrected chi connectivity index (χ3v) is 12.3. The number of pyridine rings is 1. The maximum absolute atomic E-state index is 12.1. The molecule has 0 radical (unpaired) electrons. The Hall–Kier alpha value is -7.78. The molecule has 2 heterocycles. The smallest absolute Gasteiger partial charge is 0.126 e. The number of phenolic OH excluding ortho intramolecular Hbond substituents is 1. The maximum Gasteiger partial charge on any atom is 0.126 e. The van der Waals surface area contributed by atoms with Crippen LogP contribution in [0.2, 0.25) is 0 Å². The van der Waals surface area contributed by atoms with Gasteiger partial charge in [0, 0.05) is 38.0 Å². The molecule has 2 aromatic heterocycles. The second kappa shape index (κ2) is 16.2. The van der Waals surface area contributed by atoms with Gasteiger partial charge in [-0.25, -0.2) is 0 Å². The first kappa shape index (κ1) is 39.1. The molecule has 12 aromatic rings. The maximum atomic E-state index is 12.1. The van der Waals surface area contributed by atoms with Crippen molar-refractivity contribution in [1.29, 1.82) is 0 Å². The summed E-state index contributed by atoms with van der Waals surface area (Å²) in [6, 6.07) is 77.3. The van der Waals surface area contributed by atoms with Crippen molar-refractivity contribution in [2.75, 3.05) is 0 Å². The molecule has 1 N–H and O–H groups in total. The quantitative estimate of drug-likeness (QED) is 0.128. The van der Waals surface area contributed by atoms with E-state index in [1.54, 1.807) is 0 Å². The average Bonchev–Trinajstić information content (AvgIpc) is 3.35. The molecular formula is C59H36N3OPt-. The molecule has 0 atom stereocenters. The van der Waals surface area contributed by atoms with Gasteiger partial charge in [0.1, 0.15) is 5.75 Å². The van der Waals surface area contributed by atoms with E-state index in [1.807, 2.05) is 36.4 Å². The van der Waals surface area contributed by atoms with Crippen molar-refractivity contribution in [3.8, 4) is 84.0 Å². The third kappa shape index (κ3) is 6.80. The molecule has 0 fully saturated rings. The summed E-state index contributed by atoms with van der Waals surface area (Å²) in [5.74, 6) is 0.175. The molecule has 5 heteroatoms. The number of phenols is 1. The van der Waals surface area contributed by atoms with Gasteiger partial charge in [-0.2, -0.15) is 10.2 Å². The van der Waals surface area contributed by atoms with Crippen LogP contribution < -0.4 is 0 Å². The van der Waals surface area contributed by atoms with Crippen LogP contribution in [0.3, 0.4) is 0 Å². The fraction of sp³-hybridized carbons (Fsp3) is 0. The number of fused-ring (bicyclic) bond motifs is 1. The minimum atomic E-state index is 0. The predicted molar refractivity (Wildman–Crippen MR) is 260 cm³/mol. The van der Waals surface area contributed by atoms with Gasteiger partial charge in [0.15, 0.2) is 0 Å². The fourth-order valence-electron chi connectivity index (χ4n) is 9.34. The molecule has 64 heavy (non-hydrogen) atoms. The van der Waals surface area contributed by atoms with Gasteiger partial charge < -0.3 is 5.11 Å². The number of hydrogen-bond donors (Lipinski definition) is 1. The Kier molecular flexibility index (Phi) is 9.87. The van der Waals surface area contributed by atoms with E-state index < -0.39 is 0 Å². The third-order valence-electron chi connectivity index (χ3n) is 12.3. The normalized spacial score (nSPS) is 11.4. The van der Waals surface area contributed by atoms with Gasteiger partial charge in [-0.05, 0) is 94.8 Å². The van der Waals surface area contributed by atoms with Crippen LogP contribution in [0, 0.1) is 6.07 Å². The zero-order valence-corrected chi connectivity index (χ0v) is 36.6. The standard InChI is InChI=1S/C59H36N3O.Pt/c63-56-36-42-27-26-39-19-13-20-40-28-29-51(58(42)57(39)40)59(56)55-35-44(50-24-11-9-22-48(50)38-16-5-2-6-17-38)34-53(60-55)45-30-43(49-23-10-8-21-47(49)37-14-3-1-4-15-37)31-46(32-45)54-33-41-18-7-12-25-52(41)61-62-54;/h1-31,33-36,63H;/q-1;. The molecule has 0 unspecified atom stereocenters. The Morgan fingerprint density at radius 1 is 0.359 bits per heavy atom. The molecule has 0 aliphatic carbocycles. The second-order valence-corrected chi connectivity index (χ2v) is 16.1. The summed E-state index contributed by atoms with van der Waals surface area (Å²) in [5.41, 5.74) is 13.7. The van der Waals surface area contributed by atoms with Gasteiger partial charge in [-0.1, -0.05) is 199 Å². The monoisotopic (exact) mass is 997 g/mol. The van der Waals surface area contributed by atoms with Crippen molar-refractivity contribution >= 4 is 43.2 Å². The number of aromatic hydroxyl groups is 1. The summed E-state index contributed by atoms with van der Waals surface area (Å²) in [7, 11) is 0. The fourth-order valence-corrected chi connectivity index (χ4v) is 9.34. The molecule has 0 saturated heterocycles. The van der Waals surface area contributed by atoms with Gasteiger partial charge in [-0.3, -0.25) is 4.98 Å². The average molecular weight is 998 g/mol. The summed E-state index contributed by atoms with van der Waals surface area (Å²) in [4.78, 5) is 5.52. The Morgan fingerprint density at radius 3 is 1.55 bits per heavy atom. The zero-order valence-electron chi connectivity index (χ0n) is 34.3. The minimum Gasteiger partial charge on any atom is -0.507 e. The summed E-state index contributed by atoms with van der Waals surface area (Å²) in [6.45, 7) is 0. The number of aromatic nitrogens is 3. The van der Waals surface area contributed by atoms with Crippen LogP contribution in [0.4, 0.5) is 0 Å². The number of benzene rings is 10. The van der Waals surface area contributed by atoms with Gasteiger partial charge in [0.25, 0.3) is 0 Å². The van der Waals surface area contributed by atoms with E-state index in [9.17, 15) is 5.11 Å². The summed E-state index contributed by atoms with van der Waals surface area (Å²) in [5, 5.41) is 29.1. The van der Waals surface area contributed by atoms with E-state index in [0.717, 1.165) is 93.5 Å². The van der Waals surface area contributed by atoms with Crippen molar-refractivity contribution in [2.24, 2.45) is 0 Å². The van der Waals surface area contributed by atoms with E-state index in [4.69, 9.17) is 10.1 Å². The number of nitrogens with zero attached hydrogens (tertiary/aromatic N) is 3. The van der Waals surface area contributed by atoms with Gasteiger partial charge in [0.2, 0.25) is 0 Å². The number of rotatable bonds is 7. The largest absolute Gasteiger partial charge is 0.507 e. The first-order valence-electron chi connectivity index (χ1n) is 21.2. The topological polar surface area (TPSA) is 58.9 Å². The van der Waals surface area contributed by atoms with Crippen molar-refractivity contribution in [3.05, 3.63) is 218 Å². The molecule has 0 aliphatic heterocycles. The zero-order chi connectivity index (χ0) is 41.9. The summed E-state index contributed by atoms with van der Waals surface area (Å²) >= 11 is 0. The van der Waals surface area contributed by atoms with E-state index in [0.29, 0.717) is 22.6 Å². The molecule has 4 nitrogen and oxygen atoms in total.